The van der Waals surface area contributed by atoms with Crippen molar-refractivity contribution in [2.75, 3.05) is 23.7 Å². The van der Waals surface area contributed by atoms with Crippen LogP contribution in [0.4, 0.5) is 16.2 Å². The number of ketones is 1. The molecular weight excluding hydrogens is 462 g/mol. The van der Waals surface area contributed by atoms with Crippen LogP contribution < -0.4 is 24.8 Å². The zero-order valence-corrected chi connectivity index (χ0v) is 20.2. The molecule has 2 fully saturated rings. The van der Waals surface area contributed by atoms with Crippen molar-refractivity contribution in [3.05, 3.63) is 42.0 Å². The molecule has 188 valence electrons. The molecule has 1 saturated heterocycles. The molecule has 3 amide bonds. The first-order valence-electron chi connectivity index (χ1n) is 12.6. The van der Waals surface area contributed by atoms with E-state index in [0.29, 0.717) is 54.4 Å². The topological polar surface area (TPSA) is 106 Å². The summed E-state index contributed by atoms with van der Waals surface area (Å²) in [4.78, 5) is 39.6. The lowest BCUT2D eigenvalue weighted by atomic mass is 9.88. The first-order chi connectivity index (χ1) is 17.4. The van der Waals surface area contributed by atoms with E-state index in [9.17, 15) is 14.4 Å². The summed E-state index contributed by atoms with van der Waals surface area (Å²) >= 11 is 0. The van der Waals surface area contributed by atoms with Gasteiger partial charge in [0.2, 0.25) is 0 Å². The van der Waals surface area contributed by atoms with Gasteiger partial charge >= 0.3 is 6.03 Å². The minimum atomic E-state index is -0.559. The van der Waals surface area contributed by atoms with E-state index in [2.05, 4.69) is 10.6 Å². The second-order valence-electron chi connectivity index (χ2n) is 10.00. The van der Waals surface area contributed by atoms with Gasteiger partial charge in [0, 0.05) is 49.2 Å². The van der Waals surface area contributed by atoms with Gasteiger partial charge in [-0.25, -0.2) is 4.79 Å². The first-order valence-corrected chi connectivity index (χ1v) is 12.6. The Labute approximate surface area is 209 Å². The molecule has 3 heterocycles. The van der Waals surface area contributed by atoms with E-state index in [-0.39, 0.29) is 23.6 Å². The van der Waals surface area contributed by atoms with Gasteiger partial charge in [0.1, 0.15) is 5.75 Å². The van der Waals surface area contributed by atoms with E-state index in [1.165, 1.54) is 0 Å². The summed E-state index contributed by atoms with van der Waals surface area (Å²) in [6, 6.07) is 10.4. The molecule has 1 unspecified atom stereocenters. The number of urea groups is 1. The maximum atomic E-state index is 13.1. The van der Waals surface area contributed by atoms with Gasteiger partial charge in [0.05, 0.1) is 5.69 Å². The predicted octanol–water partition coefficient (Wildman–Crippen LogP) is 4.57. The predicted molar refractivity (Wildman–Crippen MR) is 132 cm³/mol. The molecular formula is C27H29N3O6. The largest absolute Gasteiger partial charge is 0.479 e. The Kier molecular flexibility index (Phi) is 5.50. The van der Waals surface area contributed by atoms with Crippen LogP contribution in [0.3, 0.4) is 0 Å². The molecule has 2 aromatic rings. The Morgan fingerprint density at radius 2 is 1.72 bits per heavy atom. The molecule has 0 aromatic heterocycles. The normalized spacial score (nSPS) is 22.1. The number of nitrogens with zero attached hydrogens (tertiary/aromatic N) is 1. The molecule has 1 saturated carbocycles. The standard InChI is InChI=1S/C27H29N3O6/c1-16-25(32)29-20-14-18(4-6-21(20)34-16)24(31)17-8-12-30(13-9-17)26(33)28-19-5-7-22-23(15-19)36-27(35-22)10-2-3-11-27/h4-7,14-17H,2-3,8-13H2,1H3,(H,28,33)(H,29,32). The number of piperidine rings is 1. The molecule has 4 aliphatic rings. The van der Waals surface area contributed by atoms with Crippen molar-refractivity contribution >= 4 is 29.1 Å². The van der Waals surface area contributed by atoms with Crippen LogP contribution in [0.5, 0.6) is 17.2 Å². The average molecular weight is 492 g/mol. The number of carbonyl (C=O) groups is 3. The SMILES string of the molecule is CC1Oc2ccc(C(=O)C3CCN(C(=O)Nc4ccc5c(c4)OC4(CCCC4)O5)CC3)cc2NC1=O. The fourth-order valence-corrected chi connectivity index (χ4v) is 5.43. The van der Waals surface area contributed by atoms with Crippen LogP contribution in [-0.2, 0) is 4.79 Å². The van der Waals surface area contributed by atoms with Gasteiger partial charge < -0.3 is 29.7 Å². The molecule has 2 aromatic carbocycles. The molecule has 0 bridgehead atoms. The first kappa shape index (κ1) is 22.7. The molecule has 1 aliphatic carbocycles. The maximum Gasteiger partial charge on any atom is 0.321 e. The number of rotatable bonds is 3. The van der Waals surface area contributed by atoms with Gasteiger partial charge in [-0.05, 0) is 62.9 Å². The number of hydrogen-bond acceptors (Lipinski definition) is 6. The number of carbonyl (C=O) groups excluding carboxylic acids is 3. The number of benzene rings is 2. The lowest BCUT2D eigenvalue weighted by Crippen LogP contribution is -2.42. The highest BCUT2D eigenvalue weighted by Gasteiger charge is 2.44. The number of amides is 3. The quantitative estimate of drug-likeness (QED) is 0.609. The zero-order chi connectivity index (χ0) is 24.9. The zero-order valence-electron chi connectivity index (χ0n) is 20.2. The monoisotopic (exact) mass is 491 g/mol. The highest BCUT2D eigenvalue weighted by atomic mass is 16.7. The van der Waals surface area contributed by atoms with Crippen molar-refractivity contribution in [1.29, 1.82) is 0 Å². The van der Waals surface area contributed by atoms with E-state index in [4.69, 9.17) is 14.2 Å². The molecule has 3 aliphatic heterocycles. The van der Waals surface area contributed by atoms with Crippen molar-refractivity contribution < 1.29 is 28.6 Å². The Bertz CT molecular complexity index is 1230. The minimum Gasteiger partial charge on any atom is -0.479 e. The summed E-state index contributed by atoms with van der Waals surface area (Å²) in [5.74, 6) is 1.02. The lowest BCUT2D eigenvalue weighted by molar-refractivity contribution is -0.122. The molecule has 9 nitrogen and oxygen atoms in total. The molecule has 1 atom stereocenters. The molecule has 36 heavy (non-hydrogen) atoms. The van der Waals surface area contributed by atoms with Crippen LogP contribution in [-0.4, -0.2) is 47.6 Å². The third-order valence-corrected chi connectivity index (χ3v) is 7.50. The number of likely N-dealkylation sites (tertiary alicyclic amines) is 1. The van der Waals surface area contributed by atoms with Gasteiger partial charge in [-0.15, -0.1) is 0 Å². The van der Waals surface area contributed by atoms with Crippen molar-refractivity contribution in [2.45, 2.75) is 57.3 Å². The Balaban J connectivity index is 1.05. The van der Waals surface area contributed by atoms with Crippen molar-refractivity contribution in [1.82, 2.24) is 4.90 Å². The van der Waals surface area contributed by atoms with E-state index in [0.717, 1.165) is 31.4 Å². The van der Waals surface area contributed by atoms with E-state index < -0.39 is 11.9 Å². The Morgan fingerprint density at radius 3 is 2.50 bits per heavy atom. The van der Waals surface area contributed by atoms with E-state index >= 15 is 0 Å². The molecule has 0 radical (unpaired) electrons. The second kappa shape index (κ2) is 8.72. The summed E-state index contributed by atoms with van der Waals surface area (Å²) in [6.07, 6.45) is 4.53. The third-order valence-electron chi connectivity index (χ3n) is 7.50. The lowest BCUT2D eigenvalue weighted by Gasteiger charge is -2.31. The molecule has 9 heteroatoms. The van der Waals surface area contributed by atoms with Crippen molar-refractivity contribution in [2.24, 2.45) is 5.92 Å². The smallest absolute Gasteiger partial charge is 0.321 e. The van der Waals surface area contributed by atoms with Gasteiger partial charge in [-0.3, -0.25) is 9.59 Å². The number of hydrogen-bond donors (Lipinski definition) is 2. The highest BCUT2D eigenvalue weighted by molar-refractivity contribution is 6.02. The minimum absolute atomic E-state index is 0.0161. The van der Waals surface area contributed by atoms with Crippen LogP contribution in [0.1, 0.15) is 55.8 Å². The van der Waals surface area contributed by atoms with E-state index in [1.54, 1.807) is 30.0 Å². The van der Waals surface area contributed by atoms with Crippen LogP contribution in [0.25, 0.3) is 0 Å². The number of ether oxygens (including phenoxy) is 3. The average Bonchev–Trinajstić information content (AvgIpc) is 3.49. The van der Waals surface area contributed by atoms with E-state index in [1.807, 2.05) is 18.2 Å². The van der Waals surface area contributed by atoms with Gasteiger partial charge in [0.15, 0.2) is 23.4 Å². The molecule has 2 N–H and O–H groups in total. The third kappa shape index (κ3) is 4.12. The summed E-state index contributed by atoms with van der Waals surface area (Å²) in [6.45, 7) is 2.65. The number of nitrogens with one attached hydrogen (secondary N) is 2. The Hall–Kier alpha value is -3.75. The maximum absolute atomic E-state index is 13.1. The second-order valence-corrected chi connectivity index (χ2v) is 10.00. The fourth-order valence-electron chi connectivity index (χ4n) is 5.43. The number of Topliss-reactive ketones (excluding diaryl/α,β-unsaturated/α-hetero) is 1. The summed E-state index contributed by atoms with van der Waals surface area (Å²) in [5, 5.41) is 5.74. The summed E-state index contributed by atoms with van der Waals surface area (Å²) in [5.41, 5.74) is 1.71. The number of anilines is 2. The number of fused-ring (bicyclic) bond motifs is 2. The van der Waals surface area contributed by atoms with Crippen LogP contribution in [0, 0.1) is 5.92 Å². The van der Waals surface area contributed by atoms with Gasteiger partial charge in [0.25, 0.3) is 11.7 Å². The Morgan fingerprint density at radius 1 is 1.00 bits per heavy atom. The fraction of sp³-hybridized carbons (Fsp3) is 0.444. The van der Waals surface area contributed by atoms with Crippen LogP contribution in [0.2, 0.25) is 0 Å². The summed E-state index contributed by atoms with van der Waals surface area (Å²) < 4.78 is 17.7. The molecule has 6 rings (SSSR count). The van der Waals surface area contributed by atoms with Crippen LogP contribution >= 0.6 is 0 Å². The molecule has 1 spiro atoms. The summed E-state index contributed by atoms with van der Waals surface area (Å²) in [7, 11) is 0. The highest BCUT2D eigenvalue weighted by Crippen LogP contribution is 2.47. The van der Waals surface area contributed by atoms with Gasteiger partial charge in [-0.2, -0.15) is 0 Å². The van der Waals surface area contributed by atoms with Gasteiger partial charge in [-0.1, -0.05) is 0 Å². The van der Waals surface area contributed by atoms with Crippen molar-refractivity contribution in [3.8, 4) is 17.2 Å². The van der Waals surface area contributed by atoms with Crippen LogP contribution in [0.15, 0.2) is 36.4 Å². The van der Waals surface area contributed by atoms with Crippen molar-refractivity contribution in [3.63, 3.8) is 0 Å².